The van der Waals surface area contributed by atoms with Crippen molar-refractivity contribution in [2.24, 2.45) is 0 Å². The molecule has 0 bridgehead atoms. The summed E-state index contributed by atoms with van der Waals surface area (Å²) in [6.45, 7) is 0. The van der Waals surface area contributed by atoms with Crippen LogP contribution in [0.25, 0.3) is 11.4 Å². The van der Waals surface area contributed by atoms with Crippen molar-refractivity contribution in [2.75, 3.05) is 17.2 Å². The first-order valence-electron chi connectivity index (χ1n) is 6.50. The van der Waals surface area contributed by atoms with Gasteiger partial charge in [-0.15, -0.1) is 5.10 Å². The van der Waals surface area contributed by atoms with Crippen LogP contribution in [0.5, 0.6) is 0 Å². The summed E-state index contributed by atoms with van der Waals surface area (Å²) in [5, 5.41) is 11.4. The van der Waals surface area contributed by atoms with Gasteiger partial charge in [0.25, 0.3) is 0 Å². The number of aromatic nitrogens is 4. The zero-order valence-corrected chi connectivity index (χ0v) is 11.9. The van der Waals surface area contributed by atoms with Crippen LogP contribution in [0.1, 0.15) is 18.9 Å². The maximum Gasteiger partial charge on any atom is 0.184 e. The van der Waals surface area contributed by atoms with Crippen LogP contribution in [0.15, 0.2) is 18.2 Å². The third-order valence-electron chi connectivity index (χ3n) is 3.62. The molecule has 0 radical (unpaired) electrons. The summed E-state index contributed by atoms with van der Waals surface area (Å²) >= 11 is 0. The molecular weight excluding hydrogens is 297 g/mol. The molecule has 1 saturated heterocycles. The van der Waals surface area contributed by atoms with E-state index in [0.717, 1.165) is 0 Å². The standard InChI is InChI=1S/C12H14FN5O2S/c13-8-1-2-11(14)10(7-8)12-15-16-17-18(12)9-3-5-21(19,20)6-4-9/h1-2,7,9H,3-6,14H2. The molecule has 0 unspecified atom stereocenters. The lowest BCUT2D eigenvalue weighted by Crippen LogP contribution is -2.26. The van der Waals surface area contributed by atoms with Crippen molar-refractivity contribution in [3.05, 3.63) is 24.0 Å². The average Bonchev–Trinajstić information content (AvgIpc) is 2.90. The minimum Gasteiger partial charge on any atom is -0.398 e. The molecule has 1 aromatic heterocycles. The Morgan fingerprint density at radius 1 is 1.29 bits per heavy atom. The predicted octanol–water partition coefficient (Wildman–Crippen LogP) is 0.811. The maximum absolute atomic E-state index is 13.4. The molecule has 0 spiro atoms. The maximum atomic E-state index is 13.4. The third kappa shape index (κ3) is 2.73. The first kappa shape index (κ1) is 13.9. The Kier molecular flexibility index (Phi) is 3.36. The lowest BCUT2D eigenvalue weighted by Gasteiger charge is -2.22. The minimum atomic E-state index is -2.97. The summed E-state index contributed by atoms with van der Waals surface area (Å²) in [4.78, 5) is 0. The Balaban J connectivity index is 1.96. The van der Waals surface area contributed by atoms with Crippen LogP contribution in [0.4, 0.5) is 10.1 Å². The number of nitrogen functional groups attached to an aromatic ring is 1. The van der Waals surface area contributed by atoms with Gasteiger partial charge in [0.2, 0.25) is 0 Å². The molecule has 0 aliphatic carbocycles. The Hall–Kier alpha value is -2.03. The monoisotopic (exact) mass is 311 g/mol. The largest absolute Gasteiger partial charge is 0.398 e. The average molecular weight is 311 g/mol. The summed E-state index contributed by atoms with van der Waals surface area (Å²) in [6, 6.07) is 3.87. The second kappa shape index (κ2) is 5.06. The van der Waals surface area contributed by atoms with E-state index in [1.54, 1.807) is 4.68 Å². The normalized spacial score (nSPS) is 18.7. The summed E-state index contributed by atoms with van der Waals surface area (Å²) in [6.07, 6.45) is 0.880. The zero-order chi connectivity index (χ0) is 15.0. The Bertz CT molecular complexity index is 760. The van der Waals surface area contributed by atoms with E-state index in [1.165, 1.54) is 18.2 Å². The number of sulfone groups is 1. The van der Waals surface area contributed by atoms with Gasteiger partial charge in [-0.25, -0.2) is 17.5 Å². The molecule has 9 heteroatoms. The molecule has 2 N–H and O–H groups in total. The van der Waals surface area contributed by atoms with E-state index in [-0.39, 0.29) is 17.5 Å². The van der Waals surface area contributed by atoms with Crippen LogP contribution in [0.2, 0.25) is 0 Å². The number of halogens is 1. The van der Waals surface area contributed by atoms with Crippen LogP contribution >= 0.6 is 0 Å². The topological polar surface area (TPSA) is 104 Å². The summed E-state index contributed by atoms with van der Waals surface area (Å²) in [5.74, 6) is 0.141. The van der Waals surface area contributed by atoms with Crippen molar-refractivity contribution in [1.29, 1.82) is 0 Å². The molecule has 112 valence electrons. The number of tetrazole rings is 1. The number of hydrogen-bond donors (Lipinski definition) is 1. The molecule has 21 heavy (non-hydrogen) atoms. The van der Waals surface area contributed by atoms with Crippen molar-refractivity contribution in [3.63, 3.8) is 0 Å². The number of nitrogens with two attached hydrogens (primary N) is 1. The van der Waals surface area contributed by atoms with Crippen LogP contribution in [0.3, 0.4) is 0 Å². The lowest BCUT2D eigenvalue weighted by molar-refractivity contribution is 0.408. The highest BCUT2D eigenvalue weighted by atomic mass is 32.2. The van der Waals surface area contributed by atoms with Crippen molar-refractivity contribution < 1.29 is 12.8 Å². The van der Waals surface area contributed by atoms with E-state index in [4.69, 9.17) is 5.73 Å². The van der Waals surface area contributed by atoms with Gasteiger partial charge in [-0.2, -0.15) is 0 Å². The Morgan fingerprint density at radius 2 is 2.00 bits per heavy atom. The van der Waals surface area contributed by atoms with Gasteiger partial charge in [0.15, 0.2) is 5.82 Å². The fraction of sp³-hybridized carbons (Fsp3) is 0.417. The number of benzene rings is 1. The van der Waals surface area contributed by atoms with Crippen LogP contribution in [0, 0.1) is 5.82 Å². The number of hydrogen-bond acceptors (Lipinski definition) is 6. The highest BCUT2D eigenvalue weighted by Crippen LogP contribution is 2.30. The zero-order valence-electron chi connectivity index (χ0n) is 11.1. The van der Waals surface area contributed by atoms with Gasteiger partial charge in [-0.3, -0.25) is 0 Å². The third-order valence-corrected chi connectivity index (χ3v) is 5.33. The molecule has 3 rings (SSSR count). The smallest absolute Gasteiger partial charge is 0.184 e. The SMILES string of the molecule is Nc1ccc(F)cc1-c1nnnn1C1CCS(=O)(=O)CC1. The van der Waals surface area contributed by atoms with Gasteiger partial charge in [-0.05, 0) is 41.5 Å². The van der Waals surface area contributed by atoms with E-state index >= 15 is 0 Å². The summed E-state index contributed by atoms with van der Waals surface area (Å²) in [7, 11) is -2.97. The van der Waals surface area contributed by atoms with E-state index in [2.05, 4.69) is 15.5 Å². The number of anilines is 1. The molecule has 1 aliphatic heterocycles. The Labute approximate surface area is 120 Å². The second-order valence-corrected chi connectivity index (χ2v) is 7.37. The van der Waals surface area contributed by atoms with Crippen molar-refractivity contribution in [3.8, 4) is 11.4 Å². The van der Waals surface area contributed by atoms with E-state index < -0.39 is 15.7 Å². The van der Waals surface area contributed by atoms with Gasteiger partial charge < -0.3 is 5.73 Å². The van der Waals surface area contributed by atoms with Crippen LogP contribution < -0.4 is 5.73 Å². The number of nitrogens with zero attached hydrogens (tertiary/aromatic N) is 4. The molecule has 0 saturated carbocycles. The van der Waals surface area contributed by atoms with Crippen molar-refractivity contribution >= 4 is 15.5 Å². The Morgan fingerprint density at radius 3 is 2.71 bits per heavy atom. The molecule has 1 aromatic carbocycles. The quantitative estimate of drug-likeness (QED) is 0.823. The number of rotatable bonds is 2. The minimum absolute atomic E-state index is 0.107. The molecule has 2 heterocycles. The predicted molar refractivity (Wildman–Crippen MR) is 74.5 cm³/mol. The highest BCUT2D eigenvalue weighted by Gasteiger charge is 2.28. The van der Waals surface area contributed by atoms with Crippen LogP contribution in [-0.4, -0.2) is 40.1 Å². The molecule has 0 atom stereocenters. The van der Waals surface area contributed by atoms with Crippen molar-refractivity contribution in [2.45, 2.75) is 18.9 Å². The molecule has 0 amide bonds. The highest BCUT2D eigenvalue weighted by molar-refractivity contribution is 7.91. The summed E-state index contributed by atoms with van der Waals surface area (Å²) < 4.78 is 37.9. The first-order valence-corrected chi connectivity index (χ1v) is 8.32. The van der Waals surface area contributed by atoms with E-state index in [1.807, 2.05) is 0 Å². The van der Waals surface area contributed by atoms with E-state index in [0.29, 0.717) is 29.9 Å². The molecule has 2 aromatic rings. The second-order valence-electron chi connectivity index (χ2n) is 5.06. The van der Waals surface area contributed by atoms with Gasteiger partial charge in [0, 0.05) is 11.3 Å². The van der Waals surface area contributed by atoms with Gasteiger partial charge in [0.1, 0.15) is 15.7 Å². The van der Waals surface area contributed by atoms with Gasteiger partial charge in [-0.1, -0.05) is 0 Å². The van der Waals surface area contributed by atoms with Gasteiger partial charge in [0.05, 0.1) is 17.5 Å². The molecular formula is C12H14FN5O2S. The fourth-order valence-electron chi connectivity index (χ4n) is 2.46. The summed E-state index contributed by atoms with van der Waals surface area (Å²) in [5.41, 5.74) is 6.63. The molecule has 1 fully saturated rings. The van der Waals surface area contributed by atoms with E-state index in [9.17, 15) is 12.8 Å². The lowest BCUT2D eigenvalue weighted by atomic mass is 10.1. The van der Waals surface area contributed by atoms with Gasteiger partial charge >= 0.3 is 0 Å². The fourth-order valence-corrected chi connectivity index (χ4v) is 3.93. The van der Waals surface area contributed by atoms with Crippen LogP contribution in [-0.2, 0) is 9.84 Å². The molecule has 1 aliphatic rings. The first-order chi connectivity index (χ1) is 9.96. The van der Waals surface area contributed by atoms with Crippen molar-refractivity contribution in [1.82, 2.24) is 20.2 Å². The molecule has 7 nitrogen and oxygen atoms in total.